The van der Waals surface area contributed by atoms with Crippen LogP contribution in [0.3, 0.4) is 0 Å². The van der Waals surface area contributed by atoms with E-state index in [1.807, 2.05) is 41.3 Å². The van der Waals surface area contributed by atoms with E-state index in [4.69, 9.17) is 14.2 Å². The third kappa shape index (κ3) is 4.16. The molecule has 0 bridgehead atoms. The van der Waals surface area contributed by atoms with Crippen LogP contribution in [0.2, 0.25) is 0 Å². The highest BCUT2D eigenvalue weighted by Crippen LogP contribution is 2.42. The van der Waals surface area contributed by atoms with Crippen molar-refractivity contribution in [3.63, 3.8) is 0 Å². The van der Waals surface area contributed by atoms with Crippen molar-refractivity contribution >= 4 is 11.6 Å². The molecule has 30 heavy (non-hydrogen) atoms. The summed E-state index contributed by atoms with van der Waals surface area (Å²) in [6, 6.07) is 11.4. The molecule has 2 aromatic carbocycles. The monoisotopic (exact) mass is 413 g/mol. The molecule has 7 nitrogen and oxygen atoms in total. The quantitative estimate of drug-likeness (QED) is 0.678. The van der Waals surface area contributed by atoms with Crippen LogP contribution in [0.4, 0.5) is 5.69 Å². The Hall–Kier alpha value is -2.93. The fourth-order valence-corrected chi connectivity index (χ4v) is 3.83. The Balaban J connectivity index is 2.04. The van der Waals surface area contributed by atoms with Crippen LogP contribution in [0.15, 0.2) is 36.4 Å². The second-order valence-electron chi connectivity index (χ2n) is 7.08. The van der Waals surface area contributed by atoms with Crippen LogP contribution < -0.4 is 19.5 Å². The molecule has 0 aliphatic carbocycles. The number of carbonyl (C=O) groups is 1. The van der Waals surface area contributed by atoms with Crippen molar-refractivity contribution in [2.24, 2.45) is 0 Å². The average molecular weight is 414 g/mol. The minimum Gasteiger partial charge on any atom is -0.493 e. The maximum atomic E-state index is 13.4. The first-order chi connectivity index (χ1) is 14.6. The lowest BCUT2D eigenvalue weighted by molar-refractivity contribution is 0.0659. The van der Waals surface area contributed by atoms with Gasteiger partial charge in [0.15, 0.2) is 11.5 Å². The van der Waals surface area contributed by atoms with Crippen molar-refractivity contribution in [3.8, 4) is 17.2 Å². The van der Waals surface area contributed by atoms with E-state index in [2.05, 4.69) is 24.1 Å². The lowest BCUT2D eigenvalue weighted by Crippen LogP contribution is -2.46. The molecule has 1 aliphatic rings. The Morgan fingerprint density at radius 2 is 1.63 bits per heavy atom. The van der Waals surface area contributed by atoms with E-state index < -0.39 is 0 Å². The summed E-state index contributed by atoms with van der Waals surface area (Å²) in [5.41, 5.74) is 2.37. The molecule has 0 unspecified atom stereocenters. The van der Waals surface area contributed by atoms with Crippen molar-refractivity contribution < 1.29 is 19.0 Å². The predicted molar refractivity (Wildman–Crippen MR) is 118 cm³/mol. The predicted octanol–water partition coefficient (Wildman–Crippen LogP) is 3.62. The molecule has 1 N–H and O–H groups in total. The Morgan fingerprint density at radius 3 is 2.20 bits per heavy atom. The lowest BCUT2D eigenvalue weighted by atomic mass is 10.0. The zero-order valence-electron chi connectivity index (χ0n) is 18.4. The van der Waals surface area contributed by atoms with Gasteiger partial charge in [0, 0.05) is 24.3 Å². The van der Waals surface area contributed by atoms with Gasteiger partial charge in [-0.15, -0.1) is 0 Å². The number of likely N-dealkylation sites (N-methyl/N-ethyl adjacent to an activating group) is 1. The van der Waals surface area contributed by atoms with Crippen molar-refractivity contribution in [2.45, 2.75) is 20.0 Å². The molecule has 7 heteroatoms. The third-order valence-corrected chi connectivity index (χ3v) is 5.58. The summed E-state index contributed by atoms with van der Waals surface area (Å²) in [6.07, 6.45) is -0.350. The van der Waals surface area contributed by atoms with Crippen LogP contribution in [0.1, 0.15) is 35.9 Å². The van der Waals surface area contributed by atoms with Gasteiger partial charge in [0.1, 0.15) is 6.17 Å². The number of methoxy groups -OCH3 is 3. The van der Waals surface area contributed by atoms with Gasteiger partial charge < -0.3 is 29.3 Å². The number of hydrogen-bond acceptors (Lipinski definition) is 6. The molecular weight excluding hydrogens is 382 g/mol. The summed E-state index contributed by atoms with van der Waals surface area (Å²) in [5, 5.41) is 3.53. The topological polar surface area (TPSA) is 63.3 Å². The highest BCUT2D eigenvalue weighted by Gasteiger charge is 2.34. The number of ether oxygens (including phenoxy) is 3. The average Bonchev–Trinajstić information content (AvgIpc) is 2.79. The normalized spacial score (nSPS) is 15.6. The van der Waals surface area contributed by atoms with Crippen molar-refractivity contribution in [1.82, 2.24) is 9.80 Å². The summed E-state index contributed by atoms with van der Waals surface area (Å²) in [5.74, 6) is 1.66. The van der Waals surface area contributed by atoms with Crippen LogP contribution in [0.25, 0.3) is 0 Å². The number of hydrogen-bond donors (Lipinski definition) is 1. The van der Waals surface area contributed by atoms with Crippen molar-refractivity contribution in [2.75, 3.05) is 52.8 Å². The minimum absolute atomic E-state index is 0.00950. The smallest absolute Gasteiger partial charge is 0.257 e. The number of carbonyl (C=O) groups excluding carboxylic acids is 1. The molecule has 0 radical (unpaired) electrons. The Labute approximate surface area is 178 Å². The molecule has 0 saturated carbocycles. The molecule has 0 fully saturated rings. The number of amides is 1. The van der Waals surface area contributed by atoms with Gasteiger partial charge in [-0.1, -0.05) is 26.0 Å². The molecule has 162 valence electrons. The maximum Gasteiger partial charge on any atom is 0.257 e. The van der Waals surface area contributed by atoms with Gasteiger partial charge in [0.25, 0.3) is 5.91 Å². The Bertz CT molecular complexity index is 857. The van der Waals surface area contributed by atoms with Gasteiger partial charge in [-0.3, -0.25) is 4.79 Å². The summed E-state index contributed by atoms with van der Waals surface area (Å²) in [6.45, 7) is 7.54. The van der Waals surface area contributed by atoms with E-state index >= 15 is 0 Å². The third-order valence-electron chi connectivity index (χ3n) is 5.58. The fraction of sp³-hybridized carbons (Fsp3) is 0.435. The molecule has 0 saturated heterocycles. The van der Waals surface area contributed by atoms with Crippen molar-refractivity contribution in [1.29, 1.82) is 0 Å². The zero-order valence-corrected chi connectivity index (χ0v) is 18.4. The molecular formula is C23H31N3O4. The van der Waals surface area contributed by atoms with E-state index in [1.165, 1.54) is 0 Å². The molecule has 1 atom stereocenters. The van der Waals surface area contributed by atoms with Crippen LogP contribution in [-0.4, -0.2) is 63.2 Å². The number of para-hydroxylation sites is 1. The largest absolute Gasteiger partial charge is 0.493 e. The first-order valence-electron chi connectivity index (χ1n) is 10.3. The standard InChI is InChI=1S/C23H31N3O4/c1-6-25(7-2)12-13-26-22(24-18-11-9-8-10-17(18)23(26)27)16-14-19(28-3)21(30-5)20(15-16)29-4/h8-11,14-15,22,24H,6-7,12-13H2,1-5H3/t22-/m0/s1. The van der Waals surface area contributed by atoms with E-state index in [9.17, 15) is 4.79 Å². The maximum absolute atomic E-state index is 13.4. The lowest BCUT2D eigenvalue weighted by Gasteiger charge is -2.39. The van der Waals surface area contributed by atoms with Crippen LogP contribution >= 0.6 is 0 Å². The number of benzene rings is 2. The van der Waals surface area contributed by atoms with Gasteiger partial charge in [-0.05, 0) is 37.4 Å². The second kappa shape index (κ2) is 9.71. The molecule has 1 aliphatic heterocycles. The van der Waals surface area contributed by atoms with Crippen LogP contribution in [0.5, 0.6) is 17.2 Å². The van der Waals surface area contributed by atoms with Crippen LogP contribution in [0, 0.1) is 0 Å². The summed E-state index contributed by atoms with van der Waals surface area (Å²) < 4.78 is 16.5. The van der Waals surface area contributed by atoms with Crippen LogP contribution in [-0.2, 0) is 0 Å². The molecule has 1 heterocycles. The number of nitrogens with zero attached hydrogens (tertiary/aromatic N) is 2. The summed E-state index contributed by atoms with van der Waals surface area (Å²) in [7, 11) is 4.76. The number of anilines is 1. The van der Waals surface area contributed by atoms with Gasteiger partial charge in [-0.2, -0.15) is 0 Å². The van der Waals surface area contributed by atoms with E-state index in [-0.39, 0.29) is 12.1 Å². The van der Waals surface area contributed by atoms with E-state index in [1.54, 1.807) is 21.3 Å². The highest BCUT2D eigenvalue weighted by atomic mass is 16.5. The number of rotatable bonds is 9. The van der Waals surface area contributed by atoms with E-state index in [0.29, 0.717) is 29.4 Å². The first-order valence-corrected chi connectivity index (χ1v) is 10.3. The van der Waals surface area contributed by atoms with Gasteiger partial charge in [0.05, 0.1) is 26.9 Å². The Kier molecular flexibility index (Phi) is 7.05. The molecule has 2 aromatic rings. The molecule has 0 aromatic heterocycles. The SMILES string of the molecule is CCN(CC)CCN1C(=O)c2ccccc2N[C@@H]1c1cc(OC)c(OC)c(OC)c1. The zero-order chi connectivity index (χ0) is 21.7. The number of nitrogens with one attached hydrogen (secondary N) is 1. The fourth-order valence-electron chi connectivity index (χ4n) is 3.83. The second-order valence-corrected chi connectivity index (χ2v) is 7.08. The molecule has 1 amide bonds. The van der Waals surface area contributed by atoms with Gasteiger partial charge >= 0.3 is 0 Å². The Morgan fingerprint density at radius 1 is 1.00 bits per heavy atom. The van der Waals surface area contributed by atoms with Gasteiger partial charge in [-0.25, -0.2) is 0 Å². The van der Waals surface area contributed by atoms with Gasteiger partial charge in [0.2, 0.25) is 5.75 Å². The molecule has 0 spiro atoms. The molecule has 3 rings (SSSR count). The first kappa shape index (κ1) is 21.8. The van der Waals surface area contributed by atoms with Crippen molar-refractivity contribution in [3.05, 3.63) is 47.5 Å². The number of fused-ring (bicyclic) bond motifs is 1. The summed E-state index contributed by atoms with van der Waals surface area (Å²) in [4.78, 5) is 17.6. The highest BCUT2D eigenvalue weighted by molar-refractivity contribution is 6.01. The minimum atomic E-state index is -0.350. The van der Waals surface area contributed by atoms with E-state index in [0.717, 1.165) is 30.9 Å². The summed E-state index contributed by atoms with van der Waals surface area (Å²) >= 11 is 0.